The molecule has 28 heavy (non-hydrogen) atoms. The summed E-state index contributed by atoms with van der Waals surface area (Å²) >= 11 is 0. The van der Waals surface area contributed by atoms with Crippen LogP contribution in [-0.2, 0) is 14.3 Å². The van der Waals surface area contributed by atoms with Gasteiger partial charge in [0.15, 0.2) is 5.79 Å². The fourth-order valence-corrected chi connectivity index (χ4v) is 3.80. The quantitative estimate of drug-likeness (QED) is 0.803. The van der Waals surface area contributed by atoms with Crippen molar-refractivity contribution in [3.8, 4) is 0 Å². The van der Waals surface area contributed by atoms with Gasteiger partial charge in [0, 0.05) is 56.3 Å². The molecule has 2 saturated heterocycles. The van der Waals surface area contributed by atoms with E-state index in [2.05, 4.69) is 10.2 Å². The highest BCUT2D eigenvalue weighted by Gasteiger charge is 2.34. The third-order valence-electron chi connectivity index (χ3n) is 5.78. The molecule has 7 nitrogen and oxygen atoms in total. The standard InChI is InChI=1S/C21H29N3O4/c1-21(27-14-15-28-21)8-9-22-19(25)16-4-6-18(7-5-16)23-10-12-24(13-11-23)20(26)17-2-3-17/h4-7,17H,2-3,8-15H2,1H3,(H,22,25). The van der Waals surface area contributed by atoms with Gasteiger partial charge in [-0.3, -0.25) is 9.59 Å². The van der Waals surface area contributed by atoms with E-state index in [9.17, 15) is 9.59 Å². The molecule has 3 aliphatic rings. The zero-order valence-corrected chi connectivity index (χ0v) is 16.5. The molecule has 0 bridgehead atoms. The number of hydrogen-bond donors (Lipinski definition) is 1. The van der Waals surface area contributed by atoms with Gasteiger partial charge in [-0.2, -0.15) is 0 Å². The summed E-state index contributed by atoms with van der Waals surface area (Å²) in [6.07, 6.45) is 2.74. The smallest absolute Gasteiger partial charge is 0.251 e. The number of ether oxygens (including phenoxy) is 2. The van der Waals surface area contributed by atoms with E-state index < -0.39 is 5.79 Å². The number of carbonyl (C=O) groups excluding carboxylic acids is 2. The molecule has 1 aliphatic carbocycles. The Morgan fingerprint density at radius 2 is 1.71 bits per heavy atom. The van der Waals surface area contributed by atoms with Crippen LogP contribution in [0, 0.1) is 5.92 Å². The minimum Gasteiger partial charge on any atom is -0.368 e. The van der Waals surface area contributed by atoms with E-state index in [1.54, 1.807) is 0 Å². The van der Waals surface area contributed by atoms with Crippen LogP contribution in [0.3, 0.4) is 0 Å². The van der Waals surface area contributed by atoms with E-state index in [4.69, 9.17) is 9.47 Å². The van der Waals surface area contributed by atoms with Crippen molar-refractivity contribution in [2.75, 3.05) is 50.8 Å². The van der Waals surface area contributed by atoms with Gasteiger partial charge in [-0.05, 0) is 44.0 Å². The van der Waals surface area contributed by atoms with E-state index in [1.165, 1.54) is 0 Å². The summed E-state index contributed by atoms with van der Waals surface area (Å²) in [5, 5.41) is 2.93. The lowest BCUT2D eigenvalue weighted by atomic mass is 10.1. The Balaban J connectivity index is 1.24. The second-order valence-corrected chi connectivity index (χ2v) is 7.97. The zero-order chi connectivity index (χ0) is 19.6. The lowest BCUT2D eigenvalue weighted by molar-refractivity contribution is -0.145. The number of rotatable bonds is 6. The van der Waals surface area contributed by atoms with E-state index in [0.717, 1.165) is 44.7 Å². The van der Waals surface area contributed by atoms with Crippen LogP contribution in [-0.4, -0.2) is 68.4 Å². The normalized spacial score (nSPS) is 21.6. The van der Waals surface area contributed by atoms with E-state index >= 15 is 0 Å². The molecule has 0 atom stereocenters. The van der Waals surface area contributed by atoms with Crippen molar-refractivity contribution in [2.24, 2.45) is 5.92 Å². The van der Waals surface area contributed by atoms with Crippen LogP contribution in [0.25, 0.3) is 0 Å². The maximum atomic E-state index is 12.3. The number of hydrogen-bond acceptors (Lipinski definition) is 5. The van der Waals surface area contributed by atoms with Gasteiger partial charge in [-0.25, -0.2) is 0 Å². The van der Waals surface area contributed by atoms with Crippen molar-refractivity contribution in [1.82, 2.24) is 10.2 Å². The van der Waals surface area contributed by atoms with Gasteiger partial charge in [0.05, 0.1) is 13.2 Å². The molecule has 1 N–H and O–H groups in total. The summed E-state index contributed by atoms with van der Waals surface area (Å²) in [6, 6.07) is 7.68. The lowest BCUT2D eigenvalue weighted by Crippen LogP contribution is -2.49. The minimum absolute atomic E-state index is 0.0898. The van der Waals surface area contributed by atoms with Crippen LogP contribution in [0.15, 0.2) is 24.3 Å². The highest BCUT2D eigenvalue weighted by molar-refractivity contribution is 5.94. The molecule has 2 aliphatic heterocycles. The number of carbonyl (C=O) groups is 2. The molecule has 0 unspecified atom stereocenters. The maximum absolute atomic E-state index is 12.3. The second-order valence-electron chi connectivity index (χ2n) is 7.97. The Labute approximate surface area is 166 Å². The second kappa shape index (κ2) is 8.09. The average Bonchev–Trinajstić information content (AvgIpc) is 3.49. The molecular weight excluding hydrogens is 358 g/mol. The van der Waals surface area contributed by atoms with Crippen molar-refractivity contribution in [3.63, 3.8) is 0 Å². The van der Waals surface area contributed by atoms with Crippen molar-refractivity contribution in [2.45, 2.75) is 32.0 Å². The van der Waals surface area contributed by atoms with Crippen molar-refractivity contribution >= 4 is 17.5 Å². The largest absolute Gasteiger partial charge is 0.368 e. The van der Waals surface area contributed by atoms with Gasteiger partial charge >= 0.3 is 0 Å². The molecule has 152 valence electrons. The maximum Gasteiger partial charge on any atom is 0.251 e. The van der Waals surface area contributed by atoms with Crippen molar-refractivity contribution < 1.29 is 19.1 Å². The molecule has 0 radical (unpaired) electrons. The summed E-state index contributed by atoms with van der Waals surface area (Å²) in [5.74, 6) is -0.0548. The highest BCUT2D eigenvalue weighted by Crippen LogP contribution is 2.31. The van der Waals surface area contributed by atoms with E-state index in [0.29, 0.717) is 43.6 Å². The number of anilines is 1. The molecule has 0 spiro atoms. The van der Waals surface area contributed by atoms with Crippen molar-refractivity contribution in [3.05, 3.63) is 29.8 Å². The summed E-state index contributed by atoms with van der Waals surface area (Å²) in [4.78, 5) is 28.8. The Hall–Kier alpha value is -2.12. The Bertz CT molecular complexity index is 703. The average molecular weight is 387 g/mol. The van der Waals surface area contributed by atoms with Gasteiger partial charge < -0.3 is 24.6 Å². The van der Waals surface area contributed by atoms with Crippen LogP contribution >= 0.6 is 0 Å². The lowest BCUT2D eigenvalue weighted by Gasteiger charge is -2.36. The summed E-state index contributed by atoms with van der Waals surface area (Å²) in [5.41, 5.74) is 1.74. The molecule has 2 heterocycles. The van der Waals surface area contributed by atoms with Crippen molar-refractivity contribution in [1.29, 1.82) is 0 Å². The number of benzene rings is 1. The zero-order valence-electron chi connectivity index (χ0n) is 16.5. The Morgan fingerprint density at radius 1 is 1.07 bits per heavy atom. The van der Waals surface area contributed by atoms with Crippen LogP contribution < -0.4 is 10.2 Å². The third kappa shape index (κ3) is 4.47. The van der Waals surface area contributed by atoms with Gasteiger partial charge in [0.25, 0.3) is 5.91 Å². The summed E-state index contributed by atoms with van der Waals surface area (Å²) in [7, 11) is 0. The fourth-order valence-electron chi connectivity index (χ4n) is 3.80. The van der Waals surface area contributed by atoms with Gasteiger partial charge in [0.1, 0.15) is 0 Å². The Morgan fingerprint density at radius 3 is 2.32 bits per heavy atom. The fraction of sp³-hybridized carbons (Fsp3) is 0.619. The molecule has 0 aromatic heterocycles. The predicted molar refractivity (Wildman–Crippen MR) is 105 cm³/mol. The first-order chi connectivity index (χ1) is 13.5. The topological polar surface area (TPSA) is 71.1 Å². The molecule has 1 saturated carbocycles. The Kier molecular flexibility index (Phi) is 5.55. The van der Waals surface area contributed by atoms with Crippen LogP contribution in [0.5, 0.6) is 0 Å². The first kappa shape index (κ1) is 19.2. The summed E-state index contributed by atoms with van der Waals surface area (Å²) in [6.45, 7) is 6.85. The first-order valence-corrected chi connectivity index (χ1v) is 10.2. The predicted octanol–water partition coefficient (Wildman–Crippen LogP) is 1.63. The van der Waals surface area contributed by atoms with Crippen LogP contribution in [0.4, 0.5) is 5.69 Å². The number of amides is 2. The number of nitrogens with zero attached hydrogens (tertiary/aromatic N) is 2. The van der Waals surface area contributed by atoms with Gasteiger partial charge in [-0.1, -0.05) is 0 Å². The highest BCUT2D eigenvalue weighted by atomic mass is 16.7. The third-order valence-corrected chi connectivity index (χ3v) is 5.78. The van der Waals surface area contributed by atoms with Crippen LogP contribution in [0.1, 0.15) is 36.5 Å². The minimum atomic E-state index is -0.583. The molecule has 2 amide bonds. The van der Waals surface area contributed by atoms with E-state index in [-0.39, 0.29) is 5.91 Å². The molecule has 1 aromatic rings. The summed E-state index contributed by atoms with van der Waals surface area (Å²) < 4.78 is 11.1. The molecule has 1 aromatic carbocycles. The molecule has 3 fully saturated rings. The number of piperazine rings is 1. The molecular formula is C21H29N3O4. The molecule has 4 rings (SSSR count). The van der Waals surface area contributed by atoms with Crippen LogP contribution in [0.2, 0.25) is 0 Å². The number of nitrogens with one attached hydrogen (secondary N) is 1. The molecule has 7 heteroatoms. The SMILES string of the molecule is CC1(CCNC(=O)c2ccc(N3CCN(C(=O)C4CC4)CC3)cc2)OCCO1. The monoisotopic (exact) mass is 387 g/mol. The first-order valence-electron chi connectivity index (χ1n) is 10.2. The van der Waals surface area contributed by atoms with Gasteiger partial charge in [-0.15, -0.1) is 0 Å². The van der Waals surface area contributed by atoms with E-state index in [1.807, 2.05) is 36.1 Å². The van der Waals surface area contributed by atoms with Gasteiger partial charge in [0.2, 0.25) is 5.91 Å².